The number of hydrogen-bond donors (Lipinski definition) is 2. The molecule has 0 bridgehead atoms. The highest BCUT2D eigenvalue weighted by Crippen LogP contribution is 2.18. The van der Waals surface area contributed by atoms with Crippen LogP contribution < -0.4 is 10.5 Å². The number of aromatic nitrogens is 1. The average molecular weight is 257 g/mol. The van der Waals surface area contributed by atoms with Crippen LogP contribution in [0.5, 0.6) is 0 Å². The third kappa shape index (κ3) is 2.53. The van der Waals surface area contributed by atoms with Crippen LogP contribution in [0.3, 0.4) is 0 Å². The number of rotatable bonds is 3. The monoisotopic (exact) mass is 257 g/mol. The lowest BCUT2D eigenvalue weighted by Gasteiger charge is -2.05. The van der Waals surface area contributed by atoms with Crippen LogP contribution >= 0.6 is 0 Å². The Balaban J connectivity index is 2.38. The molecule has 3 N–H and O–H groups in total. The zero-order valence-corrected chi connectivity index (χ0v) is 9.24. The molecule has 0 aliphatic heterocycles. The van der Waals surface area contributed by atoms with Gasteiger partial charge >= 0.3 is 0 Å². The van der Waals surface area contributed by atoms with E-state index in [-0.39, 0.29) is 16.4 Å². The van der Waals surface area contributed by atoms with Gasteiger partial charge in [0.05, 0.1) is 4.90 Å². The van der Waals surface area contributed by atoms with Gasteiger partial charge in [-0.05, 0) is 18.2 Å². The Morgan fingerprint density at radius 2 is 2.12 bits per heavy atom. The van der Waals surface area contributed by atoms with Crippen molar-refractivity contribution in [2.45, 2.75) is 4.90 Å². The van der Waals surface area contributed by atoms with Crippen LogP contribution in [-0.4, -0.2) is 13.6 Å². The Kier molecular flexibility index (Phi) is 2.72. The van der Waals surface area contributed by atoms with E-state index >= 15 is 0 Å². The number of anilines is 2. The summed E-state index contributed by atoms with van der Waals surface area (Å²) in [5.74, 6) is -0.724. The molecule has 0 spiro atoms. The molecule has 0 amide bonds. The lowest BCUT2D eigenvalue weighted by atomic mass is 10.3. The van der Waals surface area contributed by atoms with Crippen molar-refractivity contribution in [2.75, 3.05) is 10.5 Å². The van der Waals surface area contributed by atoms with E-state index in [4.69, 9.17) is 5.73 Å². The number of halogens is 1. The van der Waals surface area contributed by atoms with Crippen molar-refractivity contribution >= 4 is 21.5 Å². The van der Waals surface area contributed by atoms with Gasteiger partial charge < -0.3 is 10.3 Å². The second-order valence-corrected chi connectivity index (χ2v) is 4.89. The highest BCUT2D eigenvalue weighted by Gasteiger charge is 2.17. The Hall–Kier alpha value is -2.09. The normalized spacial score (nSPS) is 11.4. The van der Waals surface area contributed by atoms with E-state index in [1.165, 1.54) is 12.3 Å². The Bertz CT molecular complexity index is 605. The molecule has 8 heteroatoms. The molecule has 1 aromatic carbocycles. The van der Waals surface area contributed by atoms with Gasteiger partial charge in [-0.2, -0.15) is 0 Å². The molecule has 1 aromatic heterocycles. The van der Waals surface area contributed by atoms with Crippen molar-refractivity contribution in [3.63, 3.8) is 0 Å². The SMILES string of the molecule is Nc1cc(F)cc(S(=O)(=O)Nc2ccon2)c1. The van der Waals surface area contributed by atoms with Crippen LogP contribution in [0.15, 0.2) is 39.9 Å². The molecule has 0 atom stereocenters. The molecule has 0 saturated carbocycles. The van der Waals surface area contributed by atoms with Gasteiger partial charge in [0, 0.05) is 11.8 Å². The van der Waals surface area contributed by atoms with Crippen molar-refractivity contribution in [3.05, 3.63) is 36.3 Å². The molecule has 6 nitrogen and oxygen atoms in total. The minimum absolute atomic E-state index is 0.00725. The maximum Gasteiger partial charge on any atom is 0.263 e. The molecule has 0 fully saturated rings. The number of sulfonamides is 1. The Morgan fingerprint density at radius 1 is 1.35 bits per heavy atom. The zero-order valence-electron chi connectivity index (χ0n) is 8.42. The van der Waals surface area contributed by atoms with Crippen LogP contribution in [0.1, 0.15) is 0 Å². The summed E-state index contributed by atoms with van der Waals surface area (Å²) in [5.41, 5.74) is 5.38. The van der Waals surface area contributed by atoms with Crippen LogP contribution in [-0.2, 0) is 10.0 Å². The van der Waals surface area contributed by atoms with E-state index in [1.54, 1.807) is 0 Å². The first-order valence-corrected chi connectivity index (χ1v) is 5.95. The predicted molar refractivity (Wildman–Crippen MR) is 58.1 cm³/mol. The highest BCUT2D eigenvalue weighted by molar-refractivity contribution is 7.92. The first-order valence-electron chi connectivity index (χ1n) is 4.47. The first-order chi connectivity index (χ1) is 7.97. The lowest BCUT2D eigenvalue weighted by Crippen LogP contribution is -2.13. The van der Waals surface area contributed by atoms with Crippen molar-refractivity contribution < 1.29 is 17.3 Å². The summed E-state index contributed by atoms with van der Waals surface area (Å²) >= 11 is 0. The largest absolute Gasteiger partial charge is 0.399 e. The first kappa shape index (κ1) is 11.4. The molecular weight excluding hydrogens is 249 g/mol. The van der Waals surface area contributed by atoms with Gasteiger partial charge in [0.25, 0.3) is 10.0 Å². The van der Waals surface area contributed by atoms with Crippen LogP contribution in [0.4, 0.5) is 15.9 Å². The van der Waals surface area contributed by atoms with E-state index in [9.17, 15) is 12.8 Å². The number of nitrogen functional groups attached to an aromatic ring is 1. The Morgan fingerprint density at radius 3 is 2.71 bits per heavy atom. The number of benzene rings is 1. The van der Waals surface area contributed by atoms with Gasteiger partial charge in [-0.1, -0.05) is 5.16 Å². The molecule has 2 aromatic rings. The van der Waals surface area contributed by atoms with E-state index in [1.807, 2.05) is 0 Å². The second kappa shape index (κ2) is 4.06. The van der Waals surface area contributed by atoms with Gasteiger partial charge in [-0.15, -0.1) is 0 Å². The summed E-state index contributed by atoms with van der Waals surface area (Å²) in [6.07, 6.45) is 1.21. The highest BCUT2D eigenvalue weighted by atomic mass is 32.2. The summed E-state index contributed by atoms with van der Waals surface area (Å²) < 4.78 is 43.2. The third-order valence-corrected chi connectivity index (χ3v) is 3.21. The van der Waals surface area contributed by atoms with Crippen molar-refractivity contribution in [1.29, 1.82) is 0 Å². The lowest BCUT2D eigenvalue weighted by molar-refractivity contribution is 0.423. The molecule has 90 valence electrons. The van der Waals surface area contributed by atoms with Gasteiger partial charge in [0.15, 0.2) is 5.82 Å². The fourth-order valence-corrected chi connectivity index (χ4v) is 2.26. The topological polar surface area (TPSA) is 98.2 Å². The average Bonchev–Trinajstić information content (AvgIpc) is 2.68. The fourth-order valence-electron chi connectivity index (χ4n) is 1.20. The summed E-state index contributed by atoms with van der Waals surface area (Å²) in [6.45, 7) is 0. The van der Waals surface area contributed by atoms with Crippen molar-refractivity contribution in [3.8, 4) is 0 Å². The van der Waals surface area contributed by atoms with Gasteiger partial charge in [0.1, 0.15) is 12.1 Å². The van der Waals surface area contributed by atoms with E-state index in [2.05, 4.69) is 14.4 Å². The maximum atomic E-state index is 13.0. The second-order valence-electron chi connectivity index (χ2n) is 3.21. The number of nitrogens with one attached hydrogen (secondary N) is 1. The molecule has 0 saturated heterocycles. The maximum absolute atomic E-state index is 13.0. The number of nitrogens with two attached hydrogens (primary N) is 1. The molecule has 0 aliphatic carbocycles. The smallest absolute Gasteiger partial charge is 0.263 e. The molecule has 0 radical (unpaired) electrons. The third-order valence-electron chi connectivity index (χ3n) is 1.88. The van der Waals surface area contributed by atoms with Crippen molar-refractivity contribution in [1.82, 2.24) is 5.16 Å². The quantitative estimate of drug-likeness (QED) is 0.805. The molecular formula is C9H8FN3O3S. The standard InChI is InChI=1S/C9H8FN3O3S/c10-6-3-7(11)5-8(4-6)17(14,15)13-9-1-2-16-12-9/h1-5H,11H2,(H,12,13). The minimum Gasteiger partial charge on any atom is -0.399 e. The summed E-state index contributed by atoms with van der Waals surface area (Å²) in [5, 5.41) is 3.38. The summed E-state index contributed by atoms with van der Waals surface area (Å²) in [4.78, 5) is -0.280. The zero-order chi connectivity index (χ0) is 12.5. The summed E-state index contributed by atoms with van der Waals surface area (Å²) in [7, 11) is -3.92. The number of hydrogen-bond acceptors (Lipinski definition) is 5. The molecule has 17 heavy (non-hydrogen) atoms. The van der Waals surface area contributed by atoms with Crippen molar-refractivity contribution in [2.24, 2.45) is 0 Å². The van der Waals surface area contributed by atoms with Crippen LogP contribution in [0.25, 0.3) is 0 Å². The van der Waals surface area contributed by atoms with Crippen LogP contribution in [0.2, 0.25) is 0 Å². The molecule has 0 unspecified atom stereocenters. The van der Waals surface area contributed by atoms with E-state index in [0.29, 0.717) is 0 Å². The van der Waals surface area contributed by atoms with Crippen LogP contribution in [0, 0.1) is 5.82 Å². The molecule has 2 rings (SSSR count). The van der Waals surface area contributed by atoms with E-state index in [0.717, 1.165) is 18.2 Å². The molecule has 1 heterocycles. The van der Waals surface area contributed by atoms with E-state index < -0.39 is 15.8 Å². The molecule has 0 aliphatic rings. The minimum atomic E-state index is -3.92. The van der Waals surface area contributed by atoms with Gasteiger partial charge in [0.2, 0.25) is 0 Å². The fraction of sp³-hybridized carbons (Fsp3) is 0. The summed E-state index contributed by atoms with van der Waals surface area (Å²) in [6, 6.07) is 4.35. The van der Waals surface area contributed by atoms with Gasteiger partial charge in [-0.3, -0.25) is 4.72 Å². The van der Waals surface area contributed by atoms with Gasteiger partial charge in [-0.25, -0.2) is 12.8 Å². The number of nitrogens with zero attached hydrogens (tertiary/aromatic N) is 1. The Labute approximate surface area is 96.3 Å². The predicted octanol–water partition coefficient (Wildman–Crippen LogP) is 1.20.